The molecule has 0 heterocycles. The zero-order valence-corrected chi connectivity index (χ0v) is 9.58. The molecule has 0 amide bonds. The number of rotatable bonds is 8. The first-order chi connectivity index (χ1) is 6.60. The largest absolute Gasteiger partial charge is 0.396 e. The van der Waals surface area contributed by atoms with Gasteiger partial charge in [-0.2, -0.15) is 0 Å². The fraction of sp³-hybridized carbons (Fsp3) is 1.00. The van der Waals surface area contributed by atoms with E-state index in [-0.39, 0.29) is 12.7 Å². The quantitative estimate of drug-likeness (QED) is 0.612. The zero-order valence-electron chi connectivity index (χ0n) is 9.58. The number of aliphatic hydroxyl groups is 1. The van der Waals surface area contributed by atoms with Gasteiger partial charge in [-0.05, 0) is 27.2 Å². The molecule has 0 fully saturated rings. The molecule has 0 saturated heterocycles. The van der Waals surface area contributed by atoms with Crippen LogP contribution in [-0.4, -0.2) is 37.5 Å². The first-order valence-electron chi connectivity index (χ1n) is 5.08. The maximum absolute atomic E-state index is 8.76. The molecule has 4 heteroatoms. The second-order valence-corrected chi connectivity index (χ2v) is 3.31. The zero-order chi connectivity index (χ0) is 11.0. The Labute approximate surface area is 86.2 Å². The van der Waals surface area contributed by atoms with Crippen LogP contribution in [0.1, 0.15) is 33.6 Å². The van der Waals surface area contributed by atoms with E-state index in [0.29, 0.717) is 19.4 Å². The maximum atomic E-state index is 8.76. The van der Waals surface area contributed by atoms with Gasteiger partial charge in [-0.1, -0.05) is 0 Å². The van der Waals surface area contributed by atoms with Gasteiger partial charge in [-0.15, -0.1) is 0 Å². The Hall–Kier alpha value is -0.160. The van der Waals surface area contributed by atoms with Crippen LogP contribution in [-0.2, 0) is 14.2 Å². The standard InChI is InChI=1S/C10H22O4/c1-5-13-10(12-4,7-6-8-11)14-9(2)3/h9,11H,5-8H2,1-4H3. The monoisotopic (exact) mass is 206 g/mol. The Morgan fingerprint density at radius 2 is 2.00 bits per heavy atom. The molecular formula is C10H22O4. The van der Waals surface area contributed by atoms with Gasteiger partial charge < -0.3 is 19.3 Å². The van der Waals surface area contributed by atoms with Gasteiger partial charge in [-0.25, -0.2) is 0 Å². The Balaban J connectivity index is 4.26. The minimum atomic E-state index is -0.994. The van der Waals surface area contributed by atoms with Crippen LogP contribution in [0.2, 0.25) is 0 Å². The van der Waals surface area contributed by atoms with Crippen molar-refractivity contribution in [3.63, 3.8) is 0 Å². The third kappa shape index (κ3) is 4.91. The average molecular weight is 206 g/mol. The molecule has 0 saturated carbocycles. The van der Waals surface area contributed by atoms with E-state index in [9.17, 15) is 0 Å². The van der Waals surface area contributed by atoms with Crippen molar-refractivity contribution < 1.29 is 19.3 Å². The molecule has 1 unspecified atom stereocenters. The third-order valence-electron chi connectivity index (χ3n) is 1.73. The highest BCUT2D eigenvalue weighted by Gasteiger charge is 2.32. The summed E-state index contributed by atoms with van der Waals surface area (Å²) in [6, 6.07) is 0. The first kappa shape index (κ1) is 13.8. The molecule has 0 aliphatic heterocycles. The summed E-state index contributed by atoms with van der Waals surface area (Å²) in [6.45, 7) is 6.36. The van der Waals surface area contributed by atoms with Crippen LogP contribution in [0.5, 0.6) is 0 Å². The fourth-order valence-corrected chi connectivity index (χ4v) is 1.25. The van der Waals surface area contributed by atoms with Crippen molar-refractivity contribution >= 4 is 0 Å². The van der Waals surface area contributed by atoms with Crippen molar-refractivity contribution in [2.24, 2.45) is 0 Å². The van der Waals surface area contributed by atoms with Crippen LogP contribution in [0.15, 0.2) is 0 Å². The summed E-state index contributed by atoms with van der Waals surface area (Å²) < 4.78 is 16.2. The number of ether oxygens (including phenoxy) is 3. The molecule has 0 aliphatic rings. The fourth-order valence-electron chi connectivity index (χ4n) is 1.25. The third-order valence-corrected chi connectivity index (χ3v) is 1.73. The van der Waals surface area contributed by atoms with E-state index in [2.05, 4.69) is 0 Å². The van der Waals surface area contributed by atoms with Crippen molar-refractivity contribution in [3.05, 3.63) is 0 Å². The van der Waals surface area contributed by atoms with Gasteiger partial charge in [0.15, 0.2) is 0 Å². The first-order valence-corrected chi connectivity index (χ1v) is 5.08. The van der Waals surface area contributed by atoms with E-state index < -0.39 is 5.97 Å². The predicted octanol–water partition coefficient (Wildman–Crippen LogP) is 1.52. The summed E-state index contributed by atoms with van der Waals surface area (Å²) in [7, 11) is 1.55. The second kappa shape index (κ2) is 7.17. The molecule has 1 N–H and O–H groups in total. The summed E-state index contributed by atoms with van der Waals surface area (Å²) >= 11 is 0. The molecule has 0 aromatic carbocycles. The molecule has 0 radical (unpaired) electrons. The van der Waals surface area contributed by atoms with Gasteiger partial charge in [0.2, 0.25) is 0 Å². The summed E-state index contributed by atoms with van der Waals surface area (Å²) in [5, 5.41) is 8.76. The van der Waals surface area contributed by atoms with Crippen LogP contribution in [0.3, 0.4) is 0 Å². The Kier molecular flexibility index (Phi) is 7.09. The van der Waals surface area contributed by atoms with Crippen LogP contribution >= 0.6 is 0 Å². The molecule has 0 spiro atoms. The number of hydrogen-bond acceptors (Lipinski definition) is 4. The molecule has 0 aromatic rings. The second-order valence-electron chi connectivity index (χ2n) is 3.31. The molecule has 14 heavy (non-hydrogen) atoms. The lowest BCUT2D eigenvalue weighted by atomic mass is 10.2. The Morgan fingerprint density at radius 1 is 1.36 bits per heavy atom. The maximum Gasteiger partial charge on any atom is 0.282 e. The highest BCUT2D eigenvalue weighted by molar-refractivity contribution is 4.59. The molecule has 0 rings (SSSR count). The lowest BCUT2D eigenvalue weighted by molar-refractivity contribution is -0.384. The van der Waals surface area contributed by atoms with Crippen LogP contribution < -0.4 is 0 Å². The normalized spacial score (nSPS) is 15.9. The van der Waals surface area contributed by atoms with Crippen molar-refractivity contribution in [1.82, 2.24) is 0 Å². The lowest BCUT2D eigenvalue weighted by Gasteiger charge is -2.33. The Morgan fingerprint density at radius 3 is 2.36 bits per heavy atom. The molecular weight excluding hydrogens is 184 g/mol. The van der Waals surface area contributed by atoms with Gasteiger partial charge >= 0.3 is 0 Å². The van der Waals surface area contributed by atoms with Crippen molar-refractivity contribution in [3.8, 4) is 0 Å². The molecule has 0 aliphatic carbocycles. The van der Waals surface area contributed by atoms with Gasteiger partial charge in [0.25, 0.3) is 5.97 Å². The summed E-state index contributed by atoms with van der Waals surface area (Å²) in [5.41, 5.74) is 0. The number of methoxy groups -OCH3 is 1. The molecule has 1 atom stereocenters. The van der Waals surface area contributed by atoms with Gasteiger partial charge in [0.1, 0.15) is 0 Å². The van der Waals surface area contributed by atoms with E-state index in [1.807, 2.05) is 20.8 Å². The number of hydrogen-bond donors (Lipinski definition) is 1. The minimum absolute atomic E-state index is 0.0280. The van der Waals surface area contributed by atoms with Gasteiger partial charge in [0.05, 0.1) is 6.10 Å². The van der Waals surface area contributed by atoms with Crippen molar-refractivity contribution in [2.75, 3.05) is 20.3 Å². The summed E-state index contributed by atoms with van der Waals surface area (Å²) in [5.74, 6) is -0.994. The van der Waals surface area contributed by atoms with Crippen molar-refractivity contribution in [2.45, 2.75) is 45.7 Å². The van der Waals surface area contributed by atoms with E-state index in [1.54, 1.807) is 7.11 Å². The SMILES string of the molecule is CCOC(CCCO)(OC)OC(C)C. The van der Waals surface area contributed by atoms with Crippen molar-refractivity contribution in [1.29, 1.82) is 0 Å². The van der Waals surface area contributed by atoms with Crippen LogP contribution in [0.4, 0.5) is 0 Å². The number of aliphatic hydroxyl groups excluding tert-OH is 1. The smallest absolute Gasteiger partial charge is 0.282 e. The van der Waals surface area contributed by atoms with E-state index in [1.165, 1.54) is 0 Å². The molecule has 86 valence electrons. The summed E-state index contributed by atoms with van der Waals surface area (Å²) in [6.07, 6.45) is 1.16. The highest BCUT2D eigenvalue weighted by Crippen LogP contribution is 2.22. The van der Waals surface area contributed by atoms with Crippen LogP contribution in [0.25, 0.3) is 0 Å². The van der Waals surface area contributed by atoms with E-state index in [4.69, 9.17) is 19.3 Å². The van der Waals surface area contributed by atoms with E-state index >= 15 is 0 Å². The van der Waals surface area contributed by atoms with Gasteiger partial charge in [-0.3, -0.25) is 0 Å². The highest BCUT2D eigenvalue weighted by atomic mass is 16.9. The van der Waals surface area contributed by atoms with Crippen LogP contribution in [0, 0.1) is 0 Å². The molecule has 0 bridgehead atoms. The minimum Gasteiger partial charge on any atom is -0.396 e. The average Bonchev–Trinajstić information content (AvgIpc) is 2.14. The molecule has 0 aromatic heterocycles. The van der Waals surface area contributed by atoms with E-state index in [0.717, 1.165) is 0 Å². The predicted molar refractivity (Wildman–Crippen MR) is 53.9 cm³/mol. The summed E-state index contributed by atoms with van der Waals surface area (Å²) in [4.78, 5) is 0. The molecule has 4 nitrogen and oxygen atoms in total. The Bertz CT molecular complexity index is 138. The topological polar surface area (TPSA) is 47.9 Å². The van der Waals surface area contributed by atoms with Gasteiger partial charge in [0, 0.05) is 26.7 Å². The lowest BCUT2D eigenvalue weighted by Crippen LogP contribution is -2.40.